The zero-order valence-corrected chi connectivity index (χ0v) is 14.2. The number of benzene rings is 1. The monoisotopic (exact) mass is 379 g/mol. The van der Waals surface area contributed by atoms with Crippen molar-refractivity contribution in [1.29, 1.82) is 0 Å². The van der Waals surface area contributed by atoms with Crippen LogP contribution in [0.25, 0.3) is 0 Å². The number of rotatable bonds is 4. The van der Waals surface area contributed by atoms with E-state index in [1.807, 2.05) is 4.90 Å². The van der Waals surface area contributed by atoms with Crippen LogP contribution in [0.15, 0.2) is 22.7 Å². The summed E-state index contributed by atoms with van der Waals surface area (Å²) >= 11 is 3.23. The first-order chi connectivity index (χ1) is 9.82. The van der Waals surface area contributed by atoms with Gasteiger partial charge >= 0.3 is 0 Å². The summed E-state index contributed by atoms with van der Waals surface area (Å²) in [4.78, 5) is 2.04. The molecule has 0 aromatic heterocycles. The van der Waals surface area contributed by atoms with Gasteiger partial charge in [0.1, 0.15) is 5.82 Å². The molecule has 0 saturated carbocycles. The van der Waals surface area contributed by atoms with E-state index in [0.717, 1.165) is 0 Å². The Kier molecular flexibility index (Phi) is 5.37. The molecular weight excluding hydrogens is 361 g/mol. The standard InChI is InChI=1S/C13H19BrFN3O2S/c1-21(19,20)18-6-4-17(5-7-18)13(9-16)11-3-2-10(14)8-12(11)15/h2-3,8,13H,4-7,9,16H2,1H3. The Morgan fingerprint density at radius 1 is 1.33 bits per heavy atom. The second-order valence-corrected chi connectivity index (χ2v) is 8.01. The summed E-state index contributed by atoms with van der Waals surface area (Å²) in [5, 5.41) is 0. The third-order valence-corrected chi connectivity index (χ3v) is 5.52. The van der Waals surface area contributed by atoms with Gasteiger partial charge in [-0.2, -0.15) is 4.31 Å². The molecule has 1 fully saturated rings. The fourth-order valence-corrected chi connectivity index (χ4v) is 3.75. The lowest BCUT2D eigenvalue weighted by molar-refractivity contribution is 0.138. The van der Waals surface area contributed by atoms with Gasteiger partial charge in [0, 0.05) is 42.8 Å². The molecule has 2 N–H and O–H groups in total. The average molecular weight is 380 g/mol. The molecule has 8 heteroatoms. The minimum absolute atomic E-state index is 0.236. The van der Waals surface area contributed by atoms with Crippen LogP contribution in [-0.2, 0) is 10.0 Å². The molecule has 1 aromatic carbocycles. The fourth-order valence-electron chi connectivity index (χ4n) is 2.59. The van der Waals surface area contributed by atoms with Gasteiger partial charge in [0.2, 0.25) is 10.0 Å². The van der Waals surface area contributed by atoms with Crippen LogP contribution in [0.2, 0.25) is 0 Å². The van der Waals surface area contributed by atoms with E-state index in [1.165, 1.54) is 16.6 Å². The summed E-state index contributed by atoms with van der Waals surface area (Å²) in [6.07, 6.45) is 1.21. The molecule has 2 rings (SSSR count). The van der Waals surface area contributed by atoms with Crippen LogP contribution < -0.4 is 5.73 Å². The molecule has 0 spiro atoms. The smallest absolute Gasteiger partial charge is 0.211 e. The van der Waals surface area contributed by atoms with Crippen LogP contribution in [0, 0.1) is 5.82 Å². The highest BCUT2D eigenvalue weighted by atomic mass is 79.9. The maximum atomic E-state index is 14.1. The molecule has 1 unspecified atom stereocenters. The van der Waals surface area contributed by atoms with Crippen molar-refractivity contribution in [2.24, 2.45) is 5.73 Å². The number of nitrogens with two attached hydrogens (primary N) is 1. The highest BCUT2D eigenvalue weighted by Crippen LogP contribution is 2.26. The highest BCUT2D eigenvalue weighted by Gasteiger charge is 2.29. The third-order valence-electron chi connectivity index (χ3n) is 3.73. The largest absolute Gasteiger partial charge is 0.329 e. The summed E-state index contributed by atoms with van der Waals surface area (Å²) in [6.45, 7) is 2.20. The zero-order valence-electron chi connectivity index (χ0n) is 11.8. The minimum Gasteiger partial charge on any atom is -0.329 e. The van der Waals surface area contributed by atoms with Crippen molar-refractivity contribution in [2.75, 3.05) is 39.0 Å². The normalized spacial score (nSPS) is 19.6. The van der Waals surface area contributed by atoms with E-state index in [1.54, 1.807) is 12.1 Å². The SMILES string of the molecule is CS(=O)(=O)N1CCN(C(CN)c2ccc(Br)cc2F)CC1. The molecule has 1 atom stereocenters. The number of hydrogen-bond acceptors (Lipinski definition) is 4. The molecule has 0 radical (unpaired) electrons. The number of hydrogen-bond donors (Lipinski definition) is 1. The third kappa shape index (κ3) is 4.01. The highest BCUT2D eigenvalue weighted by molar-refractivity contribution is 9.10. The van der Waals surface area contributed by atoms with Gasteiger partial charge in [0.15, 0.2) is 0 Å². The number of piperazine rings is 1. The Labute approximate surface area is 133 Å². The maximum absolute atomic E-state index is 14.1. The number of halogens is 2. The predicted octanol–water partition coefficient (Wildman–Crippen LogP) is 1.17. The van der Waals surface area contributed by atoms with Crippen LogP contribution in [-0.4, -0.2) is 56.6 Å². The van der Waals surface area contributed by atoms with E-state index >= 15 is 0 Å². The van der Waals surface area contributed by atoms with Gasteiger partial charge in [-0.3, -0.25) is 4.90 Å². The van der Waals surface area contributed by atoms with Crippen LogP contribution >= 0.6 is 15.9 Å². The van der Waals surface area contributed by atoms with E-state index in [-0.39, 0.29) is 18.4 Å². The van der Waals surface area contributed by atoms with Crippen LogP contribution in [0.3, 0.4) is 0 Å². The summed E-state index contributed by atoms with van der Waals surface area (Å²) in [7, 11) is -3.17. The molecule has 0 amide bonds. The van der Waals surface area contributed by atoms with Crippen LogP contribution in [0.5, 0.6) is 0 Å². The fraction of sp³-hybridized carbons (Fsp3) is 0.538. The van der Waals surface area contributed by atoms with Crippen LogP contribution in [0.1, 0.15) is 11.6 Å². The number of nitrogens with zero attached hydrogens (tertiary/aromatic N) is 2. The molecule has 118 valence electrons. The Morgan fingerprint density at radius 3 is 2.43 bits per heavy atom. The molecule has 1 aliphatic rings. The van der Waals surface area contributed by atoms with Crippen molar-refractivity contribution in [3.8, 4) is 0 Å². The van der Waals surface area contributed by atoms with Crippen molar-refractivity contribution in [3.63, 3.8) is 0 Å². The first kappa shape index (κ1) is 16.8. The van der Waals surface area contributed by atoms with Crippen molar-refractivity contribution >= 4 is 26.0 Å². The first-order valence-electron chi connectivity index (χ1n) is 6.67. The average Bonchev–Trinajstić information content (AvgIpc) is 2.41. The summed E-state index contributed by atoms with van der Waals surface area (Å²) in [6, 6.07) is 4.69. The second-order valence-electron chi connectivity index (χ2n) is 5.12. The molecule has 21 heavy (non-hydrogen) atoms. The zero-order chi connectivity index (χ0) is 15.6. The maximum Gasteiger partial charge on any atom is 0.211 e. The van der Waals surface area contributed by atoms with E-state index < -0.39 is 10.0 Å². The van der Waals surface area contributed by atoms with Gasteiger partial charge in [-0.25, -0.2) is 12.8 Å². The Hall–Kier alpha value is -0.540. The molecule has 1 aliphatic heterocycles. The van der Waals surface area contributed by atoms with E-state index in [4.69, 9.17) is 5.73 Å². The molecule has 0 aliphatic carbocycles. The summed E-state index contributed by atoms with van der Waals surface area (Å²) in [5.74, 6) is -0.301. The van der Waals surface area contributed by atoms with Crippen molar-refractivity contribution in [1.82, 2.24) is 9.21 Å². The Morgan fingerprint density at radius 2 is 1.95 bits per heavy atom. The lowest BCUT2D eigenvalue weighted by Gasteiger charge is -2.38. The predicted molar refractivity (Wildman–Crippen MR) is 83.9 cm³/mol. The quantitative estimate of drug-likeness (QED) is 0.852. The van der Waals surface area contributed by atoms with Gasteiger partial charge in [0.25, 0.3) is 0 Å². The molecule has 1 heterocycles. The van der Waals surface area contributed by atoms with Crippen LogP contribution in [0.4, 0.5) is 4.39 Å². The first-order valence-corrected chi connectivity index (χ1v) is 9.31. The molecule has 5 nitrogen and oxygen atoms in total. The molecule has 1 saturated heterocycles. The van der Waals surface area contributed by atoms with Gasteiger partial charge in [-0.05, 0) is 12.1 Å². The lowest BCUT2D eigenvalue weighted by atomic mass is 10.0. The lowest BCUT2D eigenvalue weighted by Crippen LogP contribution is -2.50. The Bertz CT molecular complexity index is 603. The molecule has 1 aromatic rings. The molecule has 0 bridgehead atoms. The molecular formula is C13H19BrFN3O2S. The van der Waals surface area contributed by atoms with Gasteiger partial charge in [-0.15, -0.1) is 0 Å². The van der Waals surface area contributed by atoms with Crippen molar-refractivity contribution in [2.45, 2.75) is 6.04 Å². The van der Waals surface area contributed by atoms with Gasteiger partial charge in [0.05, 0.1) is 12.3 Å². The minimum atomic E-state index is -3.17. The summed E-state index contributed by atoms with van der Waals surface area (Å²) < 4.78 is 39.2. The topological polar surface area (TPSA) is 66.6 Å². The number of sulfonamides is 1. The van der Waals surface area contributed by atoms with Gasteiger partial charge in [-0.1, -0.05) is 22.0 Å². The van der Waals surface area contributed by atoms with E-state index in [9.17, 15) is 12.8 Å². The van der Waals surface area contributed by atoms with Crippen molar-refractivity contribution < 1.29 is 12.8 Å². The Balaban J connectivity index is 2.13. The van der Waals surface area contributed by atoms with Gasteiger partial charge < -0.3 is 5.73 Å². The van der Waals surface area contributed by atoms with E-state index in [0.29, 0.717) is 36.2 Å². The summed E-state index contributed by atoms with van der Waals surface area (Å²) in [5.41, 5.74) is 6.36. The van der Waals surface area contributed by atoms with E-state index in [2.05, 4.69) is 15.9 Å². The van der Waals surface area contributed by atoms with Crippen molar-refractivity contribution in [3.05, 3.63) is 34.1 Å². The second kappa shape index (κ2) is 6.70.